The Morgan fingerprint density at radius 1 is 1.39 bits per heavy atom. The van der Waals surface area contributed by atoms with E-state index in [9.17, 15) is 4.79 Å². The second-order valence-electron chi connectivity index (χ2n) is 3.87. The standard InChI is InChI=1S/C12H18Br2N2OS/c1-3-16(4-2)7-5-6-15-12(17)10-8-9(13)11(14)18-10/h8H,3-7H2,1-2H3,(H,15,17). The summed E-state index contributed by atoms with van der Waals surface area (Å²) in [6.45, 7) is 8.20. The highest BCUT2D eigenvalue weighted by molar-refractivity contribution is 9.13. The van der Waals surface area contributed by atoms with E-state index in [0.717, 1.165) is 45.7 Å². The van der Waals surface area contributed by atoms with Gasteiger partial charge in [0, 0.05) is 11.0 Å². The van der Waals surface area contributed by atoms with Gasteiger partial charge in [-0.1, -0.05) is 13.8 Å². The Balaban J connectivity index is 2.29. The van der Waals surface area contributed by atoms with Gasteiger partial charge in [0.05, 0.1) is 8.66 Å². The van der Waals surface area contributed by atoms with E-state index in [0.29, 0.717) is 0 Å². The molecule has 0 saturated heterocycles. The van der Waals surface area contributed by atoms with E-state index < -0.39 is 0 Å². The van der Waals surface area contributed by atoms with Crippen LogP contribution in [0.25, 0.3) is 0 Å². The van der Waals surface area contributed by atoms with Gasteiger partial charge < -0.3 is 10.2 Å². The van der Waals surface area contributed by atoms with Crippen molar-refractivity contribution in [3.05, 3.63) is 19.2 Å². The fourth-order valence-corrected chi connectivity index (χ4v) is 3.54. The zero-order chi connectivity index (χ0) is 13.5. The molecule has 0 aliphatic heterocycles. The van der Waals surface area contributed by atoms with Gasteiger partial charge in [-0.05, 0) is 64.0 Å². The topological polar surface area (TPSA) is 32.3 Å². The first kappa shape index (κ1) is 16.1. The van der Waals surface area contributed by atoms with Gasteiger partial charge in [0.2, 0.25) is 0 Å². The first-order valence-corrected chi connectivity index (χ1v) is 8.44. The molecule has 0 aliphatic rings. The lowest BCUT2D eigenvalue weighted by Gasteiger charge is -2.17. The smallest absolute Gasteiger partial charge is 0.261 e. The van der Waals surface area contributed by atoms with Gasteiger partial charge in [0.15, 0.2) is 0 Å². The Hall–Kier alpha value is 0.0900. The first-order chi connectivity index (χ1) is 8.58. The molecule has 102 valence electrons. The molecule has 6 heteroatoms. The Kier molecular flexibility index (Phi) is 7.44. The van der Waals surface area contributed by atoms with Crippen LogP contribution in [0.4, 0.5) is 0 Å². The molecule has 3 nitrogen and oxygen atoms in total. The van der Waals surface area contributed by atoms with E-state index in [1.165, 1.54) is 11.3 Å². The molecule has 1 rings (SSSR count). The Morgan fingerprint density at radius 3 is 2.56 bits per heavy atom. The van der Waals surface area contributed by atoms with Crippen LogP contribution in [-0.2, 0) is 0 Å². The Morgan fingerprint density at radius 2 is 2.06 bits per heavy atom. The Labute approximate surface area is 129 Å². The van der Waals surface area contributed by atoms with E-state index >= 15 is 0 Å². The van der Waals surface area contributed by atoms with Crippen LogP contribution in [0, 0.1) is 0 Å². The van der Waals surface area contributed by atoms with E-state index in [1.807, 2.05) is 6.07 Å². The quantitative estimate of drug-likeness (QED) is 0.710. The number of carbonyl (C=O) groups excluding carboxylic acids is 1. The molecule has 0 fully saturated rings. The first-order valence-electron chi connectivity index (χ1n) is 6.03. The van der Waals surface area contributed by atoms with Crippen molar-refractivity contribution in [1.82, 2.24) is 10.2 Å². The van der Waals surface area contributed by atoms with Gasteiger partial charge in [0.1, 0.15) is 0 Å². The molecule has 1 heterocycles. The van der Waals surface area contributed by atoms with E-state index in [2.05, 4.69) is 55.9 Å². The zero-order valence-electron chi connectivity index (χ0n) is 10.6. The number of thiophene rings is 1. The van der Waals surface area contributed by atoms with Gasteiger partial charge in [-0.15, -0.1) is 11.3 Å². The van der Waals surface area contributed by atoms with Crippen molar-refractivity contribution < 1.29 is 4.79 Å². The number of rotatable bonds is 7. The lowest BCUT2D eigenvalue weighted by atomic mass is 10.3. The lowest BCUT2D eigenvalue weighted by molar-refractivity contribution is 0.0956. The van der Waals surface area contributed by atoms with Crippen LogP contribution < -0.4 is 5.32 Å². The van der Waals surface area contributed by atoms with Crippen molar-refractivity contribution in [2.45, 2.75) is 20.3 Å². The maximum atomic E-state index is 11.8. The predicted octanol–water partition coefficient (Wildman–Crippen LogP) is 3.73. The summed E-state index contributed by atoms with van der Waals surface area (Å²) in [4.78, 5) is 14.9. The minimum absolute atomic E-state index is 0.00551. The predicted molar refractivity (Wildman–Crippen MR) is 84.5 cm³/mol. The van der Waals surface area contributed by atoms with Gasteiger partial charge in [-0.2, -0.15) is 0 Å². The molecule has 0 aliphatic carbocycles. The third kappa shape index (κ3) is 4.99. The minimum Gasteiger partial charge on any atom is -0.351 e. The van der Waals surface area contributed by atoms with Crippen molar-refractivity contribution in [3.8, 4) is 0 Å². The number of halogens is 2. The largest absolute Gasteiger partial charge is 0.351 e. The number of carbonyl (C=O) groups is 1. The number of nitrogens with zero attached hydrogens (tertiary/aromatic N) is 1. The zero-order valence-corrected chi connectivity index (χ0v) is 14.6. The average molecular weight is 398 g/mol. The highest BCUT2D eigenvalue weighted by Gasteiger charge is 2.11. The Bertz CT molecular complexity index is 372. The summed E-state index contributed by atoms with van der Waals surface area (Å²) >= 11 is 8.21. The van der Waals surface area contributed by atoms with Crippen LogP contribution in [0.2, 0.25) is 0 Å². The molecule has 0 spiro atoms. The van der Waals surface area contributed by atoms with Gasteiger partial charge in [-0.25, -0.2) is 0 Å². The number of hydrogen-bond acceptors (Lipinski definition) is 3. The summed E-state index contributed by atoms with van der Waals surface area (Å²) in [5, 5.41) is 2.95. The van der Waals surface area contributed by atoms with Gasteiger partial charge in [-0.3, -0.25) is 4.79 Å². The van der Waals surface area contributed by atoms with Crippen molar-refractivity contribution in [2.24, 2.45) is 0 Å². The molecule has 0 unspecified atom stereocenters. The van der Waals surface area contributed by atoms with Crippen LogP contribution in [0.3, 0.4) is 0 Å². The number of nitrogens with one attached hydrogen (secondary N) is 1. The third-order valence-corrected chi connectivity index (χ3v) is 5.96. The van der Waals surface area contributed by atoms with E-state index in [-0.39, 0.29) is 5.91 Å². The summed E-state index contributed by atoms with van der Waals surface area (Å²) in [6.07, 6.45) is 0.987. The van der Waals surface area contributed by atoms with Crippen LogP contribution >= 0.6 is 43.2 Å². The monoisotopic (exact) mass is 396 g/mol. The van der Waals surface area contributed by atoms with Crippen molar-refractivity contribution in [3.63, 3.8) is 0 Å². The number of amides is 1. The summed E-state index contributed by atoms with van der Waals surface area (Å²) < 4.78 is 1.89. The van der Waals surface area contributed by atoms with E-state index in [4.69, 9.17) is 0 Å². The van der Waals surface area contributed by atoms with Crippen molar-refractivity contribution >= 4 is 49.1 Å². The van der Waals surface area contributed by atoms with Crippen molar-refractivity contribution in [2.75, 3.05) is 26.2 Å². The van der Waals surface area contributed by atoms with Crippen LogP contribution in [0.15, 0.2) is 14.3 Å². The molecule has 0 saturated carbocycles. The van der Waals surface area contributed by atoms with Crippen molar-refractivity contribution in [1.29, 1.82) is 0 Å². The highest BCUT2D eigenvalue weighted by atomic mass is 79.9. The molecule has 1 aromatic rings. The molecule has 0 aromatic carbocycles. The van der Waals surface area contributed by atoms with Crippen LogP contribution in [0.1, 0.15) is 29.9 Å². The summed E-state index contributed by atoms with van der Waals surface area (Å²) in [5.74, 6) is 0.00551. The molecule has 1 aromatic heterocycles. The molecule has 1 amide bonds. The summed E-state index contributed by atoms with van der Waals surface area (Å²) in [6, 6.07) is 1.84. The second-order valence-corrected chi connectivity index (χ2v) is 7.09. The summed E-state index contributed by atoms with van der Waals surface area (Å²) in [5.41, 5.74) is 0. The van der Waals surface area contributed by atoms with Crippen LogP contribution in [-0.4, -0.2) is 37.0 Å². The molecule has 0 bridgehead atoms. The minimum atomic E-state index is 0.00551. The molecule has 18 heavy (non-hydrogen) atoms. The normalized spacial score (nSPS) is 10.9. The second kappa shape index (κ2) is 8.30. The molecule has 1 N–H and O–H groups in total. The average Bonchev–Trinajstić information content (AvgIpc) is 2.70. The van der Waals surface area contributed by atoms with Gasteiger partial charge in [0.25, 0.3) is 5.91 Å². The molecular weight excluding hydrogens is 380 g/mol. The SMILES string of the molecule is CCN(CC)CCCNC(=O)c1cc(Br)c(Br)s1. The van der Waals surface area contributed by atoms with E-state index in [1.54, 1.807) is 0 Å². The molecule has 0 radical (unpaired) electrons. The fourth-order valence-electron chi connectivity index (χ4n) is 1.59. The highest BCUT2D eigenvalue weighted by Crippen LogP contribution is 2.32. The maximum absolute atomic E-state index is 11.8. The van der Waals surface area contributed by atoms with Gasteiger partial charge >= 0.3 is 0 Å². The fraction of sp³-hybridized carbons (Fsp3) is 0.583. The number of hydrogen-bond donors (Lipinski definition) is 1. The molecule has 0 atom stereocenters. The van der Waals surface area contributed by atoms with Crippen LogP contribution in [0.5, 0.6) is 0 Å². The lowest BCUT2D eigenvalue weighted by Crippen LogP contribution is -2.29. The molecular formula is C12H18Br2N2OS. The maximum Gasteiger partial charge on any atom is 0.261 e. The third-order valence-electron chi connectivity index (χ3n) is 2.70. The summed E-state index contributed by atoms with van der Waals surface area (Å²) in [7, 11) is 0.